The molecule has 9 nitrogen and oxygen atoms in total. The molecule has 0 fully saturated rings. The van der Waals surface area contributed by atoms with Crippen LogP contribution in [-0.4, -0.2) is 24.7 Å². The Kier molecular flexibility index (Phi) is 4.69. The molecule has 2 aromatic heterocycles. The molecule has 24 heavy (non-hydrogen) atoms. The first-order chi connectivity index (χ1) is 10.8. The number of nitrogens with one attached hydrogen (secondary N) is 2. The number of hydrogen-bond acceptors (Lipinski definition) is 5. The number of hydrogen-bond donors (Lipinski definition) is 2. The molecule has 0 saturated heterocycles. The van der Waals surface area contributed by atoms with Gasteiger partial charge in [0.2, 0.25) is 0 Å². The van der Waals surface area contributed by atoms with Crippen molar-refractivity contribution in [3.05, 3.63) is 66.0 Å². The number of rotatable bonds is 3. The first-order valence-electron chi connectivity index (χ1n) is 6.80. The van der Waals surface area contributed by atoms with E-state index in [9.17, 15) is 19.7 Å². The Morgan fingerprint density at radius 2 is 1.83 bits per heavy atom. The van der Waals surface area contributed by atoms with Crippen LogP contribution in [0.2, 0.25) is 0 Å². The monoisotopic (exact) mass is 395 g/mol. The number of nitrogens with zero attached hydrogens (tertiary/aromatic N) is 3. The molecular weight excluding hydrogens is 382 g/mol. The van der Waals surface area contributed by atoms with Crippen molar-refractivity contribution in [3.63, 3.8) is 0 Å². The lowest BCUT2D eigenvalue weighted by molar-refractivity contribution is -0.384. The zero-order chi connectivity index (χ0) is 16.7. The van der Waals surface area contributed by atoms with E-state index >= 15 is 0 Å². The predicted octanol–water partition coefficient (Wildman–Crippen LogP) is 1.56. The second kappa shape index (κ2) is 6.40. The molecule has 0 atom stereocenters. The molecule has 0 bridgehead atoms. The fraction of sp³-hybridized carbons (Fsp3) is 0.214. The highest BCUT2D eigenvalue weighted by atomic mass is 79.9. The Balaban J connectivity index is 0.00000208. The third-order valence-electron chi connectivity index (χ3n) is 3.53. The second-order valence-corrected chi connectivity index (χ2v) is 5.28. The van der Waals surface area contributed by atoms with Gasteiger partial charge in [0.05, 0.1) is 28.2 Å². The van der Waals surface area contributed by atoms with Crippen molar-refractivity contribution in [1.29, 1.82) is 0 Å². The number of nitro benzene ring substituents is 1. The summed E-state index contributed by atoms with van der Waals surface area (Å²) in [5.41, 5.74) is 0.933. The van der Waals surface area contributed by atoms with Crippen molar-refractivity contribution in [1.82, 2.24) is 19.7 Å². The van der Waals surface area contributed by atoms with E-state index in [1.807, 2.05) is 19.9 Å². The van der Waals surface area contributed by atoms with E-state index in [0.717, 1.165) is 11.4 Å². The zero-order valence-corrected chi connectivity index (χ0v) is 14.5. The molecule has 3 rings (SSSR count). The lowest BCUT2D eigenvalue weighted by atomic mass is 10.1. The summed E-state index contributed by atoms with van der Waals surface area (Å²) in [6, 6.07) is 4.47. The number of aromatic nitrogens is 4. The molecule has 2 heterocycles. The van der Waals surface area contributed by atoms with Gasteiger partial charge in [-0.2, -0.15) is 5.10 Å². The van der Waals surface area contributed by atoms with Gasteiger partial charge in [0.1, 0.15) is 0 Å². The van der Waals surface area contributed by atoms with Crippen LogP contribution in [0.15, 0.2) is 27.8 Å². The zero-order valence-electron chi connectivity index (χ0n) is 12.8. The lowest BCUT2D eigenvalue weighted by Crippen LogP contribution is -2.29. The van der Waals surface area contributed by atoms with Crippen LogP contribution in [0, 0.1) is 24.0 Å². The van der Waals surface area contributed by atoms with Gasteiger partial charge >= 0.3 is 11.1 Å². The molecular formula is C14H14BrN5O4. The summed E-state index contributed by atoms with van der Waals surface area (Å²) < 4.78 is 1.68. The van der Waals surface area contributed by atoms with E-state index in [4.69, 9.17) is 0 Å². The quantitative estimate of drug-likeness (QED) is 0.395. The maximum atomic E-state index is 11.6. The summed E-state index contributed by atoms with van der Waals surface area (Å²) in [4.78, 5) is 38.4. The number of H-pyrrole nitrogens is 2. The number of non-ortho nitro benzene ring substituents is 1. The Morgan fingerprint density at radius 1 is 1.17 bits per heavy atom. The predicted molar refractivity (Wildman–Crippen MR) is 93.0 cm³/mol. The smallest absolute Gasteiger partial charge is 0.314 e. The van der Waals surface area contributed by atoms with Crippen LogP contribution in [0.4, 0.5) is 5.69 Å². The van der Waals surface area contributed by atoms with Gasteiger partial charge in [-0.15, -0.1) is 17.0 Å². The van der Waals surface area contributed by atoms with Crippen LogP contribution >= 0.6 is 17.0 Å². The molecule has 0 saturated carbocycles. The Labute approximate surface area is 145 Å². The summed E-state index contributed by atoms with van der Waals surface area (Å²) in [5.74, 6) is 0. The topological polar surface area (TPSA) is 127 Å². The summed E-state index contributed by atoms with van der Waals surface area (Å²) in [5, 5.41) is 15.4. The highest BCUT2D eigenvalue weighted by Crippen LogP contribution is 2.22. The summed E-state index contributed by atoms with van der Waals surface area (Å²) in [7, 11) is 0. The van der Waals surface area contributed by atoms with Crippen LogP contribution < -0.4 is 11.1 Å². The number of nitro groups is 1. The van der Waals surface area contributed by atoms with E-state index in [2.05, 4.69) is 15.1 Å². The van der Waals surface area contributed by atoms with E-state index in [-0.39, 0.29) is 34.7 Å². The molecule has 10 heteroatoms. The van der Waals surface area contributed by atoms with Crippen molar-refractivity contribution in [3.8, 4) is 0 Å². The van der Waals surface area contributed by atoms with Gasteiger partial charge < -0.3 is 9.97 Å². The third kappa shape index (κ3) is 3.13. The van der Waals surface area contributed by atoms with Gasteiger partial charge in [-0.3, -0.25) is 24.4 Å². The van der Waals surface area contributed by atoms with Gasteiger partial charge in [-0.25, -0.2) is 0 Å². The van der Waals surface area contributed by atoms with Gasteiger partial charge in [0, 0.05) is 23.4 Å². The number of aromatic amines is 2. The maximum absolute atomic E-state index is 11.6. The second-order valence-electron chi connectivity index (χ2n) is 5.28. The number of aryl methyl sites for hydroxylation is 2. The largest absolute Gasteiger partial charge is 0.316 e. The number of halogens is 1. The number of fused-ring (bicyclic) bond motifs is 1. The summed E-state index contributed by atoms with van der Waals surface area (Å²) >= 11 is 0. The first kappa shape index (κ1) is 17.6. The Bertz CT molecular complexity index is 1050. The van der Waals surface area contributed by atoms with Crippen molar-refractivity contribution in [2.45, 2.75) is 20.4 Å². The van der Waals surface area contributed by atoms with E-state index in [0.29, 0.717) is 11.1 Å². The van der Waals surface area contributed by atoms with Crippen LogP contribution in [0.1, 0.15) is 17.0 Å². The molecule has 2 N–H and O–H groups in total. The molecule has 0 unspecified atom stereocenters. The minimum absolute atomic E-state index is 0. The first-order valence-corrected chi connectivity index (χ1v) is 6.80. The molecule has 0 aliphatic heterocycles. The van der Waals surface area contributed by atoms with Crippen molar-refractivity contribution in [2.75, 3.05) is 0 Å². The van der Waals surface area contributed by atoms with Crippen LogP contribution in [0.25, 0.3) is 11.0 Å². The van der Waals surface area contributed by atoms with E-state index in [1.54, 1.807) is 4.68 Å². The normalized spacial score (nSPS) is 10.6. The minimum Gasteiger partial charge on any atom is -0.316 e. The highest BCUT2D eigenvalue weighted by molar-refractivity contribution is 8.93. The average Bonchev–Trinajstić information content (AvgIpc) is 2.78. The van der Waals surface area contributed by atoms with Crippen LogP contribution in [0.5, 0.6) is 0 Å². The molecule has 0 radical (unpaired) electrons. The lowest BCUT2D eigenvalue weighted by Gasteiger charge is -2.08. The molecule has 0 amide bonds. The molecule has 1 aromatic carbocycles. The van der Waals surface area contributed by atoms with Crippen LogP contribution in [-0.2, 0) is 6.54 Å². The summed E-state index contributed by atoms with van der Waals surface area (Å²) in [6.45, 7) is 3.94. The van der Waals surface area contributed by atoms with Gasteiger partial charge in [0.15, 0.2) is 0 Å². The summed E-state index contributed by atoms with van der Waals surface area (Å²) in [6.07, 6.45) is 0. The van der Waals surface area contributed by atoms with Crippen molar-refractivity contribution >= 4 is 33.7 Å². The Morgan fingerprint density at radius 3 is 2.42 bits per heavy atom. The van der Waals surface area contributed by atoms with Crippen LogP contribution in [0.3, 0.4) is 0 Å². The van der Waals surface area contributed by atoms with Gasteiger partial charge in [0.25, 0.3) is 5.69 Å². The van der Waals surface area contributed by atoms with E-state index < -0.39 is 16.0 Å². The molecule has 126 valence electrons. The van der Waals surface area contributed by atoms with Crippen molar-refractivity contribution in [2.24, 2.45) is 0 Å². The Hall–Kier alpha value is -2.75. The maximum Gasteiger partial charge on any atom is 0.314 e. The van der Waals surface area contributed by atoms with Gasteiger partial charge in [-0.1, -0.05) is 0 Å². The SMILES string of the molecule is Br.Cc1cc(C)n(Cc2cc([N+](=O)[O-])cc3[nH]c(=O)c(=O)[nH]c23)n1. The third-order valence-corrected chi connectivity index (χ3v) is 3.53. The van der Waals surface area contributed by atoms with E-state index in [1.165, 1.54) is 12.1 Å². The molecule has 3 aromatic rings. The fourth-order valence-corrected chi connectivity index (χ4v) is 2.51. The fourth-order valence-electron chi connectivity index (χ4n) is 2.51. The molecule has 0 spiro atoms. The highest BCUT2D eigenvalue weighted by Gasteiger charge is 2.15. The number of benzene rings is 1. The molecule has 0 aliphatic carbocycles. The van der Waals surface area contributed by atoms with Crippen molar-refractivity contribution < 1.29 is 4.92 Å². The standard InChI is InChI=1S/C14H13N5O4.BrH/c1-7-3-8(2)18(17-7)6-9-4-10(19(22)23)5-11-12(9)16-14(21)13(20)15-11;/h3-5H,6H2,1-2H3,(H,15,20)(H,16,21);1H. The van der Waals surface area contributed by atoms with Gasteiger partial charge in [-0.05, 0) is 19.9 Å². The average molecular weight is 396 g/mol. The minimum atomic E-state index is -0.852. The molecule has 0 aliphatic rings.